The highest BCUT2D eigenvalue weighted by atomic mass is 16.6. The van der Waals surface area contributed by atoms with Crippen LogP contribution in [0.3, 0.4) is 0 Å². The molecule has 0 aliphatic carbocycles. The standard InChI is InChI=1S/C50H49N3O11/c1-59-26-27-63-49(58)52-38-17-11-10-16-37(38)50(48(52)57)41(46(55)51-23-22-34-28-39(60-2)40(61-3)29-35(34)30-51)43-47(56)64-44(32-14-8-5-9-15-32)42(31-12-6-4-7-13-31)53(43)45(50)33-18-20-36(21-19-33)62-25-24-54/h4-21,28-29,41-45,54H,22-27,30H2,1-3H3. The van der Waals surface area contributed by atoms with Crippen LogP contribution in [0.2, 0.25) is 0 Å². The molecule has 2 fully saturated rings. The van der Waals surface area contributed by atoms with E-state index in [1.807, 2.05) is 89.8 Å². The first-order chi connectivity index (χ1) is 31.3. The minimum absolute atomic E-state index is 0.0573. The first-order valence-corrected chi connectivity index (χ1v) is 21.3. The van der Waals surface area contributed by atoms with Crippen LogP contribution in [0.25, 0.3) is 0 Å². The number of cyclic esters (lactones) is 1. The van der Waals surface area contributed by atoms with Crippen LogP contribution >= 0.6 is 0 Å². The van der Waals surface area contributed by atoms with Crippen molar-refractivity contribution in [1.29, 1.82) is 0 Å². The van der Waals surface area contributed by atoms with Crippen LogP contribution in [-0.2, 0) is 47.0 Å². The van der Waals surface area contributed by atoms with Gasteiger partial charge in [0.05, 0.1) is 51.1 Å². The predicted octanol–water partition coefficient (Wildman–Crippen LogP) is 6.11. The zero-order valence-corrected chi connectivity index (χ0v) is 35.8. The van der Waals surface area contributed by atoms with Crippen LogP contribution in [0.1, 0.15) is 51.6 Å². The SMILES string of the molecule is COCCOC(=O)N1C(=O)C2(c3ccccc31)C(C(=O)N1CCc3cc(OC)c(OC)cc3C1)C1C(=O)OC(c3ccccc3)C(c3ccccc3)N1C2c1ccc(OCCO)cc1. The minimum Gasteiger partial charge on any atom is -0.493 e. The highest BCUT2D eigenvalue weighted by Crippen LogP contribution is 2.66. The van der Waals surface area contributed by atoms with Gasteiger partial charge in [0, 0.05) is 20.2 Å². The zero-order valence-electron chi connectivity index (χ0n) is 35.8. The van der Waals surface area contributed by atoms with E-state index < -0.39 is 59.4 Å². The van der Waals surface area contributed by atoms with Gasteiger partial charge >= 0.3 is 12.1 Å². The van der Waals surface area contributed by atoms with E-state index in [0.717, 1.165) is 27.2 Å². The third kappa shape index (κ3) is 7.02. The van der Waals surface area contributed by atoms with E-state index in [1.165, 1.54) is 7.11 Å². The van der Waals surface area contributed by atoms with Gasteiger partial charge in [0.25, 0.3) is 0 Å². The summed E-state index contributed by atoms with van der Waals surface area (Å²) in [6.07, 6.45) is -1.35. The Labute approximate surface area is 370 Å². The maximum atomic E-state index is 16.2. The number of esters is 1. The average Bonchev–Trinajstić information content (AvgIpc) is 3.79. The van der Waals surface area contributed by atoms with Crippen LogP contribution in [0.4, 0.5) is 10.5 Å². The van der Waals surface area contributed by atoms with Gasteiger partial charge in [-0.25, -0.2) is 9.69 Å². The second-order valence-electron chi connectivity index (χ2n) is 16.2. The van der Waals surface area contributed by atoms with Crippen molar-refractivity contribution in [3.63, 3.8) is 0 Å². The van der Waals surface area contributed by atoms with Crippen LogP contribution in [0.5, 0.6) is 17.2 Å². The summed E-state index contributed by atoms with van der Waals surface area (Å²) in [6, 6.07) is 33.7. The van der Waals surface area contributed by atoms with Gasteiger partial charge in [0.15, 0.2) is 11.5 Å². The van der Waals surface area contributed by atoms with Crippen molar-refractivity contribution in [3.8, 4) is 17.2 Å². The van der Waals surface area contributed by atoms with E-state index in [1.54, 1.807) is 55.5 Å². The van der Waals surface area contributed by atoms with E-state index in [2.05, 4.69) is 0 Å². The smallest absolute Gasteiger partial charge is 0.421 e. The highest BCUT2D eigenvalue weighted by molar-refractivity contribution is 6.23. The molecule has 4 aliphatic rings. The van der Waals surface area contributed by atoms with Crippen molar-refractivity contribution < 1.29 is 52.7 Å². The van der Waals surface area contributed by atoms with E-state index in [0.29, 0.717) is 34.8 Å². The van der Waals surface area contributed by atoms with Gasteiger partial charge in [-0.1, -0.05) is 91.0 Å². The van der Waals surface area contributed by atoms with Crippen LogP contribution < -0.4 is 19.1 Å². The molecule has 6 atom stereocenters. The Morgan fingerprint density at radius 2 is 1.41 bits per heavy atom. The second-order valence-corrected chi connectivity index (χ2v) is 16.2. The van der Waals surface area contributed by atoms with Gasteiger partial charge in [-0.15, -0.1) is 0 Å². The summed E-state index contributed by atoms with van der Waals surface area (Å²) in [7, 11) is 4.60. The molecule has 14 nitrogen and oxygen atoms in total. The van der Waals surface area contributed by atoms with Gasteiger partial charge < -0.3 is 38.4 Å². The summed E-state index contributed by atoms with van der Waals surface area (Å²) >= 11 is 0. The summed E-state index contributed by atoms with van der Waals surface area (Å²) < 4.78 is 34.5. The lowest BCUT2D eigenvalue weighted by Gasteiger charge is -2.46. The summed E-state index contributed by atoms with van der Waals surface area (Å²) in [6.45, 7) is 0.234. The number of ether oxygens (including phenoxy) is 6. The number of amides is 3. The lowest BCUT2D eigenvalue weighted by atomic mass is 9.65. The lowest BCUT2D eigenvalue weighted by molar-refractivity contribution is -0.179. The van der Waals surface area contributed by atoms with E-state index in [9.17, 15) is 9.90 Å². The molecule has 3 amide bonds. The number of carbonyl (C=O) groups excluding carboxylic acids is 4. The van der Waals surface area contributed by atoms with Crippen molar-refractivity contribution in [2.75, 3.05) is 59.2 Å². The Hall–Kier alpha value is -6.74. The molecule has 14 heteroatoms. The molecular weight excluding hydrogens is 819 g/mol. The van der Waals surface area contributed by atoms with E-state index in [-0.39, 0.29) is 45.2 Å². The number of aliphatic hydroxyl groups is 1. The fourth-order valence-electron chi connectivity index (χ4n) is 10.3. The fraction of sp³-hybridized carbons (Fsp3) is 0.320. The predicted molar refractivity (Wildman–Crippen MR) is 233 cm³/mol. The topological polar surface area (TPSA) is 154 Å². The third-order valence-electron chi connectivity index (χ3n) is 12.9. The number of para-hydroxylation sites is 1. The quantitative estimate of drug-likeness (QED) is 0.114. The second kappa shape index (κ2) is 17.8. The largest absolute Gasteiger partial charge is 0.493 e. The van der Waals surface area contributed by atoms with Crippen LogP contribution in [-0.4, -0.2) is 99.1 Å². The molecule has 6 unspecified atom stereocenters. The van der Waals surface area contributed by atoms with Gasteiger partial charge in [0.1, 0.15) is 36.5 Å². The molecule has 1 N–H and O–H groups in total. The number of hydrogen-bond acceptors (Lipinski definition) is 12. The molecule has 330 valence electrons. The number of fused-ring (bicyclic) bond motifs is 4. The number of carbonyl (C=O) groups is 4. The number of imide groups is 1. The van der Waals surface area contributed by atoms with Crippen molar-refractivity contribution in [2.24, 2.45) is 5.92 Å². The Kier molecular flexibility index (Phi) is 11.8. The number of methoxy groups -OCH3 is 3. The minimum atomic E-state index is -1.92. The summed E-state index contributed by atoms with van der Waals surface area (Å²) in [5.41, 5.74) is 2.61. The first-order valence-electron chi connectivity index (χ1n) is 21.3. The number of aliphatic hydroxyl groups excluding tert-OH is 1. The number of nitrogens with zero attached hydrogens (tertiary/aromatic N) is 3. The van der Waals surface area contributed by atoms with Crippen molar-refractivity contribution in [3.05, 3.63) is 155 Å². The molecule has 5 aromatic rings. The Balaban J connectivity index is 1.30. The number of morpholine rings is 1. The lowest BCUT2D eigenvalue weighted by Crippen LogP contribution is -2.57. The Morgan fingerprint density at radius 1 is 0.750 bits per heavy atom. The maximum absolute atomic E-state index is 16.2. The zero-order chi connectivity index (χ0) is 44.5. The molecule has 0 saturated carbocycles. The molecule has 0 bridgehead atoms. The summed E-state index contributed by atoms with van der Waals surface area (Å²) in [4.78, 5) is 66.7. The molecule has 4 heterocycles. The number of benzene rings is 5. The summed E-state index contributed by atoms with van der Waals surface area (Å²) in [5, 5.41) is 9.55. The van der Waals surface area contributed by atoms with Crippen LogP contribution in [0.15, 0.2) is 121 Å². The van der Waals surface area contributed by atoms with Gasteiger partial charge in [-0.3, -0.25) is 19.3 Å². The third-order valence-corrected chi connectivity index (χ3v) is 12.9. The number of rotatable bonds is 12. The molecule has 0 aromatic heterocycles. The summed E-state index contributed by atoms with van der Waals surface area (Å²) in [5.74, 6) is -1.74. The van der Waals surface area contributed by atoms with E-state index >= 15 is 14.4 Å². The Morgan fingerprint density at radius 3 is 2.08 bits per heavy atom. The molecular formula is C50H49N3O11. The van der Waals surface area contributed by atoms with Crippen molar-refractivity contribution in [1.82, 2.24) is 9.80 Å². The average molecular weight is 868 g/mol. The molecule has 1 spiro atoms. The van der Waals surface area contributed by atoms with Crippen molar-refractivity contribution in [2.45, 2.75) is 42.6 Å². The molecule has 2 saturated heterocycles. The fourth-order valence-corrected chi connectivity index (χ4v) is 10.3. The Bertz CT molecular complexity index is 2540. The van der Waals surface area contributed by atoms with Gasteiger partial charge in [-0.2, -0.15) is 0 Å². The molecule has 5 aromatic carbocycles. The van der Waals surface area contributed by atoms with Crippen LogP contribution in [0, 0.1) is 5.92 Å². The number of anilines is 1. The normalized spacial score (nSPS) is 23.5. The van der Waals surface area contributed by atoms with Gasteiger partial charge in [0.2, 0.25) is 11.8 Å². The molecule has 4 aliphatic heterocycles. The van der Waals surface area contributed by atoms with Gasteiger partial charge in [-0.05, 0) is 70.1 Å². The molecule has 64 heavy (non-hydrogen) atoms. The highest BCUT2D eigenvalue weighted by Gasteiger charge is 2.76. The molecule has 9 rings (SSSR count). The monoisotopic (exact) mass is 867 g/mol. The number of hydrogen-bond donors (Lipinski definition) is 1. The first kappa shape index (κ1) is 42.6. The maximum Gasteiger partial charge on any atom is 0.421 e. The van der Waals surface area contributed by atoms with Crippen molar-refractivity contribution >= 4 is 29.6 Å². The molecule has 0 radical (unpaired) electrons. The van der Waals surface area contributed by atoms with E-state index in [4.69, 9.17) is 28.4 Å².